The van der Waals surface area contributed by atoms with Gasteiger partial charge in [0.15, 0.2) is 5.82 Å². The zero-order valence-corrected chi connectivity index (χ0v) is 19.1. The highest BCUT2D eigenvalue weighted by Crippen LogP contribution is 2.35. The fourth-order valence-electron chi connectivity index (χ4n) is 4.86. The molecule has 0 aliphatic carbocycles. The molecule has 33 heavy (non-hydrogen) atoms. The molecule has 3 aromatic rings. The minimum Gasteiger partial charge on any atom is -0.327 e. The Morgan fingerprint density at radius 3 is 2.67 bits per heavy atom. The molecule has 0 radical (unpaired) electrons. The first-order valence-electron chi connectivity index (χ1n) is 11.5. The van der Waals surface area contributed by atoms with Gasteiger partial charge in [-0.3, -0.25) is 19.2 Å². The first-order valence-corrected chi connectivity index (χ1v) is 11.5. The highest BCUT2D eigenvalue weighted by atomic mass is 16.2. The number of hydrogen-bond acceptors (Lipinski definition) is 5. The van der Waals surface area contributed by atoms with Gasteiger partial charge < -0.3 is 4.90 Å². The molecular formula is C25H28N6O2. The second kappa shape index (κ2) is 8.77. The second-order valence-corrected chi connectivity index (χ2v) is 8.79. The number of nitrogens with zero attached hydrogens (tertiary/aromatic N) is 6. The quantitative estimate of drug-likeness (QED) is 0.616. The van der Waals surface area contributed by atoms with Crippen molar-refractivity contribution >= 4 is 17.6 Å². The maximum absolute atomic E-state index is 13.3. The molecule has 0 saturated carbocycles. The van der Waals surface area contributed by atoms with Gasteiger partial charge in [-0.1, -0.05) is 30.3 Å². The summed E-state index contributed by atoms with van der Waals surface area (Å²) in [5.41, 5.74) is 3.52. The summed E-state index contributed by atoms with van der Waals surface area (Å²) in [7, 11) is 1.78. The van der Waals surface area contributed by atoms with Crippen LogP contribution in [0.3, 0.4) is 0 Å². The van der Waals surface area contributed by atoms with E-state index in [0.717, 1.165) is 36.1 Å². The SMILES string of the molecule is Cc1nc([C@@H]2CCCCN2C(=O)c2ccnn2C)nc2c1CCC(=O)N2Cc1ccccc1. The van der Waals surface area contributed by atoms with Crippen LogP contribution in [0.25, 0.3) is 0 Å². The molecule has 2 amide bonds. The van der Waals surface area contributed by atoms with Crippen molar-refractivity contribution in [1.29, 1.82) is 0 Å². The van der Waals surface area contributed by atoms with E-state index in [1.165, 1.54) is 0 Å². The Morgan fingerprint density at radius 2 is 1.91 bits per heavy atom. The molecule has 1 saturated heterocycles. The van der Waals surface area contributed by atoms with E-state index in [-0.39, 0.29) is 17.9 Å². The molecule has 0 unspecified atom stereocenters. The molecule has 0 bridgehead atoms. The highest BCUT2D eigenvalue weighted by Gasteiger charge is 2.34. The van der Waals surface area contributed by atoms with Gasteiger partial charge in [0.05, 0.1) is 12.6 Å². The molecular weight excluding hydrogens is 416 g/mol. The Labute approximate surface area is 193 Å². The second-order valence-electron chi connectivity index (χ2n) is 8.79. The summed E-state index contributed by atoms with van der Waals surface area (Å²) in [6.07, 6.45) is 5.49. The summed E-state index contributed by atoms with van der Waals surface area (Å²) < 4.78 is 1.60. The maximum Gasteiger partial charge on any atom is 0.272 e. The van der Waals surface area contributed by atoms with Crippen LogP contribution in [-0.2, 0) is 24.8 Å². The van der Waals surface area contributed by atoms with Crippen molar-refractivity contribution in [2.24, 2.45) is 7.05 Å². The molecule has 4 heterocycles. The number of fused-ring (bicyclic) bond motifs is 1. The van der Waals surface area contributed by atoms with Crippen molar-refractivity contribution in [2.45, 2.75) is 51.6 Å². The Morgan fingerprint density at radius 1 is 1.09 bits per heavy atom. The number of carbonyl (C=O) groups excluding carboxylic acids is 2. The van der Waals surface area contributed by atoms with Crippen LogP contribution >= 0.6 is 0 Å². The lowest BCUT2D eigenvalue weighted by Gasteiger charge is -2.36. The molecule has 0 N–H and O–H groups in total. The Hall–Kier alpha value is -3.55. The molecule has 2 aliphatic heterocycles. The van der Waals surface area contributed by atoms with Crippen molar-refractivity contribution in [3.63, 3.8) is 0 Å². The Balaban J connectivity index is 1.52. The molecule has 2 aliphatic rings. The summed E-state index contributed by atoms with van der Waals surface area (Å²) in [4.78, 5) is 39.7. The van der Waals surface area contributed by atoms with Crippen LogP contribution in [0.5, 0.6) is 0 Å². The van der Waals surface area contributed by atoms with Gasteiger partial charge in [-0.2, -0.15) is 5.10 Å². The predicted molar refractivity (Wildman–Crippen MR) is 124 cm³/mol. The lowest BCUT2D eigenvalue weighted by Crippen LogP contribution is -2.41. The number of hydrogen-bond donors (Lipinski definition) is 0. The zero-order chi connectivity index (χ0) is 22.9. The number of likely N-dealkylation sites (tertiary alicyclic amines) is 1. The molecule has 2 aromatic heterocycles. The Bertz CT molecular complexity index is 1190. The third kappa shape index (κ3) is 4.01. The largest absolute Gasteiger partial charge is 0.327 e. The van der Waals surface area contributed by atoms with Crippen LogP contribution in [0, 0.1) is 6.92 Å². The number of carbonyl (C=O) groups is 2. The zero-order valence-electron chi connectivity index (χ0n) is 19.1. The van der Waals surface area contributed by atoms with Crippen molar-refractivity contribution in [2.75, 3.05) is 11.4 Å². The fourth-order valence-corrected chi connectivity index (χ4v) is 4.86. The number of rotatable bonds is 4. The van der Waals surface area contributed by atoms with E-state index >= 15 is 0 Å². The number of aromatic nitrogens is 4. The van der Waals surface area contributed by atoms with E-state index in [4.69, 9.17) is 9.97 Å². The number of amides is 2. The summed E-state index contributed by atoms with van der Waals surface area (Å²) in [6.45, 7) is 3.11. The predicted octanol–water partition coefficient (Wildman–Crippen LogP) is 3.37. The maximum atomic E-state index is 13.3. The van der Waals surface area contributed by atoms with Crippen LogP contribution < -0.4 is 4.90 Å². The highest BCUT2D eigenvalue weighted by molar-refractivity contribution is 5.95. The normalized spacial score (nSPS) is 18.4. The molecule has 8 heteroatoms. The van der Waals surface area contributed by atoms with Crippen LogP contribution in [0.1, 0.15) is 64.9 Å². The minimum absolute atomic E-state index is 0.0594. The number of aryl methyl sites for hydroxylation is 2. The van der Waals surface area contributed by atoms with Crippen molar-refractivity contribution in [3.05, 3.63) is 70.9 Å². The van der Waals surface area contributed by atoms with Gasteiger partial charge in [0.25, 0.3) is 5.91 Å². The van der Waals surface area contributed by atoms with Crippen LogP contribution in [0.15, 0.2) is 42.6 Å². The van der Waals surface area contributed by atoms with Crippen LogP contribution in [-0.4, -0.2) is 43.0 Å². The van der Waals surface area contributed by atoms with Crippen molar-refractivity contribution in [3.8, 4) is 0 Å². The van der Waals surface area contributed by atoms with Gasteiger partial charge in [-0.25, -0.2) is 9.97 Å². The molecule has 1 atom stereocenters. The smallest absolute Gasteiger partial charge is 0.272 e. The first-order chi connectivity index (χ1) is 16.0. The third-order valence-corrected chi connectivity index (χ3v) is 6.64. The third-order valence-electron chi connectivity index (χ3n) is 6.64. The molecule has 5 rings (SSSR count). The van der Waals surface area contributed by atoms with Crippen LogP contribution in [0.2, 0.25) is 0 Å². The lowest BCUT2D eigenvalue weighted by atomic mass is 9.98. The molecule has 170 valence electrons. The molecule has 8 nitrogen and oxygen atoms in total. The van der Waals surface area contributed by atoms with Crippen LogP contribution in [0.4, 0.5) is 5.82 Å². The number of benzene rings is 1. The minimum atomic E-state index is -0.222. The van der Waals surface area contributed by atoms with E-state index in [9.17, 15) is 9.59 Å². The van der Waals surface area contributed by atoms with E-state index in [0.29, 0.717) is 43.3 Å². The van der Waals surface area contributed by atoms with Gasteiger partial charge in [-0.05, 0) is 44.2 Å². The van der Waals surface area contributed by atoms with E-state index in [1.54, 1.807) is 28.9 Å². The van der Waals surface area contributed by atoms with Gasteiger partial charge in [0.1, 0.15) is 11.5 Å². The first kappa shape index (κ1) is 21.3. The number of anilines is 1. The molecule has 1 fully saturated rings. The monoisotopic (exact) mass is 444 g/mol. The summed E-state index contributed by atoms with van der Waals surface area (Å²) in [5.74, 6) is 1.32. The molecule has 0 spiro atoms. The number of piperidine rings is 1. The average Bonchev–Trinajstić information content (AvgIpc) is 3.27. The van der Waals surface area contributed by atoms with Gasteiger partial charge in [-0.15, -0.1) is 0 Å². The standard InChI is InChI=1S/C25H28N6O2/c1-17-19-11-12-22(32)31(16-18-8-4-3-5-9-18)24(19)28-23(27-17)20-10-6-7-15-30(20)25(33)21-13-14-26-29(21)2/h3-5,8-9,13-14,20H,6-7,10-12,15-16H2,1-2H3/t20-/m0/s1. The lowest BCUT2D eigenvalue weighted by molar-refractivity contribution is -0.119. The van der Waals surface area contributed by atoms with Gasteiger partial charge in [0, 0.05) is 37.5 Å². The van der Waals surface area contributed by atoms with E-state index < -0.39 is 0 Å². The van der Waals surface area contributed by atoms with Crippen molar-refractivity contribution in [1.82, 2.24) is 24.6 Å². The topological polar surface area (TPSA) is 84.2 Å². The van der Waals surface area contributed by atoms with E-state index in [2.05, 4.69) is 5.10 Å². The van der Waals surface area contributed by atoms with E-state index in [1.807, 2.05) is 42.2 Å². The summed E-state index contributed by atoms with van der Waals surface area (Å²) >= 11 is 0. The van der Waals surface area contributed by atoms with Gasteiger partial charge in [0.2, 0.25) is 5.91 Å². The Kier molecular flexibility index (Phi) is 5.66. The summed E-state index contributed by atoms with van der Waals surface area (Å²) in [6, 6.07) is 11.5. The summed E-state index contributed by atoms with van der Waals surface area (Å²) in [5, 5.41) is 4.15. The van der Waals surface area contributed by atoms with Crippen molar-refractivity contribution < 1.29 is 9.59 Å². The molecule has 1 aromatic carbocycles. The fraction of sp³-hybridized carbons (Fsp3) is 0.400. The average molecular weight is 445 g/mol. The van der Waals surface area contributed by atoms with Gasteiger partial charge >= 0.3 is 0 Å².